The van der Waals surface area contributed by atoms with Crippen LogP contribution in [0.2, 0.25) is 0 Å². The van der Waals surface area contributed by atoms with E-state index >= 15 is 0 Å². The number of benzene rings is 8. The third-order valence-electron chi connectivity index (χ3n) is 9.47. The van der Waals surface area contributed by atoms with Gasteiger partial charge in [0.05, 0.1) is 0 Å². The number of fused-ring (bicyclic) bond motifs is 8. The molecule has 214 valence electrons. The van der Waals surface area contributed by atoms with Crippen molar-refractivity contribution in [1.29, 1.82) is 0 Å². The van der Waals surface area contributed by atoms with Gasteiger partial charge in [0.15, 0.2) is 0 Å². The van der Waals surface area contributed by atoms with E-state index in [0.717, 1.165) is 49.8 Å². The van der Waals surface area contributed by atoms with E-state index in [1.165, 1.54) is 49.0 Å². The van der Waals surface area contributed by atoms with Gasteiger partial charge in [0.2, 0.25) is 0 Å². The second kappa shape index (κ2) is 9.69. The Balaban J connectivity index is 1.27. The lowest BCUT2D eigenvalue weighted by Gasteiger charge is -2.18. The lowest BCUT2D eigenvalue weighted by atomic mass is 9.84. The van der Waals surface area contributed by atoms with Crippen LogP contribution in [-0.4, -0.2) is 0 Å². The van der Waals surface area contributed by atoms with Crippen molar-refractivity contribution in [3.8, 4) is 33.6 Å². The van der Waals surface area contributed by atoms with Crippen molar-refractivity contribution in [3.63, 3.8) is 0 Å². The van der Waals surface area contributed by atoms with Gasteiger partial charge in [-0.15, -0.1) is 0 Å². The molecule has 10 rings (SSSR count). The quantitative estimate of drug-likeness (QED) is 0.193. The largest absolute Gasteiger partial charge is 0.456 e. The van der Waals surface area contributed by atoms with E-state index in [1.54, 1.807) is 0 Å². The molecule has 0 aliphatic carbocycles. The van der Waals surface area contributed by atoms with Gasteiger partial charge in [0, 0.05) is 21.7 Å². The van der Waals surface area contributed by atoms with Gasteiger partial charge >= 0.3 is 0 Å². The molecule has 2 heteroatoms. The van der Waals surface area contributed by atoms with Crippen molar-refractivity contribution in [3.05, 3.63) is 158 Å². The monoisotopic (exact) mass is 586 g/mol. The topological polar surface area (TPSA) is 26.3 Å². The molecule has 0 saturated carbocycles. The fraction of sp³-hybridized carbons (Fsp3) is 0. The summed E-state index contributed by atoms with van der Waals surface area (Å²) >= 11 is 0. The van der Waals surface area contributed by atoms with Crippen LogP contribution in [0.5, 0.6) is 0 Å². The zero-order valence-electron chi connectivity index (χ0n) is 24.8. The first-order valence-electron chi connectivity index (χ1n) is 15.7. The minimum atomic E-state index is 0.856. The highest BCUT2D eigenvalue weighted by Crippen LogP contribution is 2.46. The van der Waals surface area contributed by atoms with Gasteiger partial charge in [-0.3, -0.25) is 0 Å². The molecular formula is C44H26O2. The van der Waals surface area contributed by atoms with Gasteiger partial charge in [-0.25, -0.2) is 0 Å². The Labute approximate surface area is 264 Å². The van der Waals surface area contributed by atoms with Crippen LogP contribution in [0, 0.1) is 0 Å². The molecule has 0 spiro atoms. The molecule has 46 heavy (non-hydrogen) atoms. The highest BCUT2D eigenvalue weighted by atomic mass is 16.3. The maximum absolute atomic E-state index is 6.42. The predicted molar refractivity (Wildman–Crippen MR) is 192 cm³/mol. The molecule has 0 radical (unpaired) electrons. The Morgan fingerprint density at radius 1 is 0.326 bits per heavy atom. The van der Waals surface area contributed by atoms with Crippen molar-refractivity contribution in [1.82, 2.24) is 0 Å². The third-order valence-corrected chi connectivity index (χ3v) is 9.47. The zero-order valence-corrected chi connectivity index (χ0v) is 24.8. The van der Waals surface area contributed by atoms with Crippen molar-refractivity contribution in [2.45, 2.75) is 0 Å². The lowest BCUT2D eigenvalue weighted by Crippen LogP contribution is -1.91. The fourth-order valence-electron chi connectivity index (χ4n) is 7.46. The van der Waals surface area contributed by atoms with Crippen LogP contribution in [-0.2, 0) is 0 Å². The van der Waals surface area contributed by atoms with Gasteiger partial charge in [0.1, 0.15) is 22.5 Å². The molecule has 0 atom stereocenters. The third kappa shape index (κ3) is 3.65. The molecule has 0 unspecified atom stereocenters. The van der Waals surface area contributed by atoms with Gasteiger partial charge in [-0.2, -0.15) is 0 Å². The molecule has 0 fully saturated rings. The van der Waals surface area contributed by atoms with Crippen molar-refractivity contribution in [2.75, 3.05) is 0 Å². The van der Waals surface area contributed by atoms with Gasteiger partial charge in [-0.05, 0) is 84.9 Å². The number of furan rings is 2. The Hall–Kier alpha value is -6.12. The van der Waals surface area contributed by atoms with Crippen molar-refractivity contribution >= 4 is 65.2 Å². The van der Waals surface area contributed by atoms with E-state index in [9.17, 15) is 0 Å². The first kappa shape index (κ1) is 25.2. The molecule has 0 amide bonds. The van der Waals surface area contributed by atoms with Crippen LogP contribution >= 0.6 is 0 Å². The van der Waals surface area contributed by atoms with Crippen LogP contribution < -0.4 is 0 Å². The standard InChI is InChI=1S/C44H26O2/c1-2-12-28(13-3-1)41-26-37-39(46-41)23-24-40-44(37)36-25-29(21-22-38(36)45-40)42-32-16-6-8-18-34(32)43(35-19-9-7-17-33(35)42)31-20-10-14-27-11-4-5-15-30(27)31/h1-26H. The van der Waals surface area contributed by atoms with Crippen LogP contribution in [0.25, 0.3) is 98.8 Å². The number of hydrogen-bond acceptors (Lipinski definition) is 2. The Morgan fingerprint density at radius 2 is 0.891 bits per heavy atom. The maximum Gasteiger partial charge on any atom is 0.136 e. The zero-order chi connectivity index (χ0) is 30.2. The summed E-state index contributed by atoms with van der Waals surface area (Å²) in [5.41, 5.74) is 8.57. The predicted octanol–water partition coefficient (Wildman–Crippen LogP) is 12.8. The molecule has 2 nitrogen and oxygen atoms in total. The fourth-order valence-corrected chi connectivity index (χ4v) is 7.46. The summed E-state index contributed by atoms with van der Waals surface area (Å²) in [5.74, 6) is 0.856. The van der Waals surface area contributed by atoms with Crippen LogP contribution in [0.15, 0.2) is 167 Å². The molecule has 0 aliphatic rings. The summed E-state index contributed by atoms with van der Waals surface area (Å²) in [5, 5.41) is 10.7. The van der Waals surface area contributed by atoms with E-state index in [0.29, 0.717) is 0 Å². The second-order valence-corrected chi connectivity index (χ2v) is 12.0. The molecule has 2 heterocycles. The summed E-state index contributed by atoms with van der Waals surface area (Å²) in [6.45, 7) is 0. The molecular weight excluding hydrogens is 560 g/mol. The van der Waals surface area contributed by atoms with Gasteiger partial charge in [0.25, 0.3) is 0 Å². The maximum atomic E-state index is 6.42. The summed E-state index contributed by atoms with van der Waals surface area (Å²) < 4.78 is 12.8. The Kier molecular flexibility index (Phi) is 5.31. The molecule has 8 aromatic carbocycles. The first-order valence-corrected chi connectivity index (χ1v) is 15.7. The van der Waals surface area contributed by atoms with Crippen LogP contribution in [0.4, 0.5) is 0 Å². The summed E-state index contributed by atoms with van der Waals surface area (Å²) in [6.07, 6.45) is 0. The summed E-state index contributed by atoms with van der Waals surface area (Å²) in [6, 6.07) is 56.1. The smallest absolute Gasteiger partial charge is 0.136 e. The van der Waals surface area contributed by atoms with E-state index in [4.69, 9.17) is 8.83 Å². The van der Waals surface area contributed by atoms with Crippen molar-refractivity contribution < 1.29 is 8.83 Å². The molecule has 10 aromatic rings. The summed E-state index contributed by atoms with van der Waals surface area (Å²) in [4.78, 5) is 0. The Bertz CT molecular complexity index is 2740. The first-order chi connectivity index (χ1) is 22.8. The van der Waals surface area contributed by atoms with Gasteiger partial charge < -0.3 is 8.83 Å². The molecule has 0 saturated heterocycles. The average molecular weight is 587 g/mol. The minimum absolute atomic E-state index is 0.856. The molecule has 0 bridgehead atoms. The van der Waals surface area contributed by atoms with Crippen LogP contribution in [0.1, 0.15) is 0 Å². The van der Waals surface area contributed by atoms with E-state index in [-0.39, 0.29) is 0 Å². The average Bonchev–Trinajstić information content (AvgIpc) is 3.72. The van der Waals surface area contributed by atoms with E-state index in [2.05, 4.69) is 127 Å². The highest BCUT2D eigenvalue weighted by Gasteiger charge is 2.20. The minimum Gasteiger partial charge on any atom is -0.456 e. The van der Waals surface area contributed by atoms with Crippen molar-refractivity contribution in [2.24, 2.45) is 0 Å². The van der Waals surface area contributed by atoms with E-state index < -0.39 is 0 Å². The Morgan fingerprint density at radius 3 is 1.65 bits per heavy atom. The summed E-state index contributed by atoms with van der Waals surface area (Å²) in [7, 11) is 0. The lowest BCUT2D eigenvalue weighted by molar-refractivity contribution is 0.631. The highest BCUT2D eigenvalue weighted by molar-refractivity contribution is 6.25. The molecule has 0 N–H and O–H groups in total. The van der Waals surface area contributed by atoms with E-state index in [1.807, 2.05) is 30.3 Å². The van der Waals surface area contributed by atoms with Gasteiger partial charge in [-0.1, -0.05) is 127 Å². The number of hydrogen-bond donors (Lipinski definition) is 0. The molecule has 0 aliphatic heterocycles. The second-order valence-electron chi connectivity index (χ2n) is 12.0. The SMILES string of the molecule is c1ccc(-c2cc3c(ccc4oc5ccc(-c6c7ccccc7c(-c7cccc8ccccc78)c7ccccc67)cc5c43)o2)cc1. The number of rotatable bonds is 3. The molecule has 2 aromatic heterocycles. The van der Waals surface area contributed by atoms with Crippen LogP contribution in [0.3, 0.4) is 0 Å². The normalized spacial score (nSPS) is 11.9.